The van der Waals surface area contributed by atoms with Gasteiger partial charge in [0.05, 0.1) is 17.7 Å². The number of carbonyl (C=O) groups excluding carboxylic acids is 1. The lowest BCUT2D eigenvalue weighted by Gasteiger charge is -2.17. The van der Waals surface area contributed by atoms with Crippen LogP contribution in [0.5, 0.6) is 0 Å². The Morgan fingerprint density at radius 1 is 1.25 bits per heavy atom. The van der Waals surface area contributed by atoms with E-state index in [1.165, 1.54) is 0 Å². The largest absolute Gasteiger partial charge is 0.462 e. The van der Waals surface area contributed by atoms with E-state index in [9.17, 15) is 9.59 Å². The number of hydrogen-bond acceptors (Lipinski definition) is 3. The summed E-state index contributed by atoms with van der Waals surface area (Å²) in [7, 11) is 0. The second kappa shape index (κ2) is 5.12. The van der Waals surface area contributed by atoms with Crippen LogP contribution in [0.4, 0.5) is 0 Å². The first kappa shape index (κ1) is 12.9. The summed E-state index contributed by atoms with van der Waals surface area (Å²) in [5.41, 5.74) is 2.96. The lowest BCUT2D eigenvalue weighted by molar-refractivity contribution is 0.0528. The first-order valence-corrected chi connectivity index (χ1v) is 7.06. The molecule has 1 N–H and O–H groups in total. The molecule has 1 heterocycles. The zero-order valence-electron chi connectivity index (χ0n) is 11.5. The van der Waals surface area contributed by atoms with Crippen LogP contribution in [-0.4, -0.2) is 17.6 Å². The van der Waals surface area contributed by atoms with E-state index in [0.717, 1.165) is 42.2 Å². The number of rotatable bonds is 2. The topological polar surface area (TPSA) is 59.2 Å². The van der Waals surface area contributed by atoms with Gasteiger partial charge in [-0.2, -0.15) is 0 Å². The van der Waals surface area contributed by atoms with Gasteiger partial charge in [0.15, 0.2) is 0 Å². The molecular weight excluding hydrogens is 254 g/mol. The Balaban J connectivity index is 2.28. The van der Waals surface area contributed by atoms with Gasteiger partial charge in [-0.1, -0.05) is 12.1 Å². The standard InChI is InChI=1S/C16H17NO3/c1-2-20-16(19)13-9-5-8-11-10-6-3-4-7-12(10)15(18)17-14(11)13/h5,8-9H,2-4,6-7H2,1H3,(H,17,18). The number of aromatic nitrogens is 1. The third-order valence-electron chi connectivity index (χ3n) is 3.87. The van der Waals surface area contributed by atoms with Crippen molar-refractivity contribution >= 4 is 16.9 Å². The van der Waals surface area contributed by atoms with Crippen LogP contribution >= 0.6 is 0 Å². The molecule has 0 saturated carbocycles. The second-order valence-corrected chi connectivity index (χ2v) is 5.07. The van der Waals surface area contributed by atoms with Crippen molar-refractivity contribution in [1.29, 1.82) is 0 Å². The van der Waals surface area contributed by atoms with Gasteiger partial charge in [-0.25, -0.2) is 4.79 Å². The van der Waals surface area contributed by atoms with Crippen LogP contribution in [0.15, 0.2) is 23.0 Å². The number of hydrogen-bond donors (Lipinski definition) is 1. The molecule has 1 aliphatic carbocycles. The fourth-order valence-electron chi connectivity index (χ4n) is 2.96. The van der Waals surface area contributed by atoms with Crippen molar-refractivity contribution in [3.8, 4) is 0 Å². The van der Waals surface area contributed by atoms with Gasteiger partial charge in [0.1, 0.15) is 0 Å². The Bertz CT molecular complexity index is 730. The summed E-state index contributed by atoms with van der Waals surface area (Å²) in [4.78, 5) is 27.1. The molecule has 4 nitrogen and oxygen atoms in total. The van der Waals surface area contributed by atoms with Gasteiger partial charge < -0.3 is 9.72 Å². The maximum absolute atomic E-state index is 12.2. The number of H-pyrrole nitrogens is 1. The molecule has 0 spiro atoms. The smallest absolute Gasteiger partial charge is 0.340 e. The van der Waals surface area contributed by atoms with E-state index in [-0.39, 0.29) is 11.5 Å². The lowest BCUT2D eigenvalue weighted by Crippen LogP contribution is -2.20. The van der Waals surface area contributed by atoms with E-state index < -0.39 is 0 Å². The van der Waals surface area contributed by atoms with Crippen molar-refractivity contribution in [1.82, 2.24) is 4.98 Å². The van der Waals surface area contributed by atoms with E-state index in [4.69, 9.17) is 4.74 Å². The van der Waals surface area contributed by atoms with Gasteiger partial charge in [0.2, 0.25) is 0 Å². The number of fused-ring (bicyclic) bond motifs is 3. The molecule has 0 atom stereocenters. The molecule has 0 fully saturated rings. The number of nitrogens with one attached hydrogen (secondary N) is 1. The normalized spacial score (nSPS) is 14.1. The van der Waals surface area contributed by atoms with E-state index in [1.54, 1.807) is 13.0 Å². The Kier molecular flexibility index (Phi) is 3.30. The first-order chi connectivity index (χ1) is 9.72. The fraction of sp³-hybridized carbons (Fsp3) is 0.375. The quantitative estimate of drug-likeness (QED) is 0.854. The molecule has 0 saturated heterocycles. The van der Waals surface area contributed by atoms with Crippen molar-refractivity contribution in [2.45, 2.75) is 32.6 Å². The monoisotopic (exact) mass is 271 g/mol. The van der Waals surface area contributed by atoms with Crippen molar-refractivity contribution in [2.75, 3.05) is 6.61 Å². The van der Waals surface area contributed by atoms with E-state index in [1.807, 2.05) is 12.1 Å². The molecule has 0 radical (unpaired) electrons. The highest BCUT2D eigenvalue weighted by molar-refractivity contribution is 6.03. The van der Waals surface area contributed by atoms with Crippen LogP contribution in [0, 0.1) is 0 Å². The Labute approximate surface area is 116 Å². The molecule has 20 heavy (non-hydrogen) atoms. The Morgan fingerprint density at radius 3 is 2.75 bits per heavy atom. The van der Waals surface area contributed by atoms with Crippen molar-refractivity contribution < 1.29 is 9.53 Å². The minimum absolute atomic E-state index is 0.0658. The fourth-order valence-corrected chi connectivity index (χ4v) is 2.96. The Hall–Kier alpha value is -2.10. The number of ether oxygens (including phenoxy) is 1. The highest BCUT2D eigenvalue weighted by Gasteiger charge is 2.19. The predicted octanol–water partition coefficient (Wildman–Crippen LogP) is 2.58. The van der Waals surface area contributed by atoms with Gasteiger partial charge in [0, 0.05) is 10.9 Å². The van der Waals surface area contributed by atoms with Crippen molar-refractivity contribution in [3.05, 3.63) is 45.2 Å². The van der Waals surface area contributed by atoms with Gasteiger partial charge in [-0.15, -0.1) is 0 Å². The lowest BCUT2D eigenvalue weighted by atomic mass is 9.89. The summed E-state index contributed by atoms with van der Waals surface area (Å²) in [5, 5.41) is 0.977. The molecule has 1 aliphatic rings. The molecule has 0 bridgehead atoms. The summed E-state index contributed by atoms with van der Waals surface area (Å²) in [6, 6.07) is 5.52. The SMILES string of the molecule is CCOC(=O)c1cccc2c3c(c(=O)[nH]c12)CCCC3. The second-order valence-electron chi connectivity index (χ2n) is 5.07. The molecule has 3 rings (SSSR count). The summed E-state index contributed by atoms with van der Waals surface area (Å²) in [5.74, 6) is -0.385. The molecule has 0 amide bonds. The van der Waals surface area contributed by atoms with Crippen LogP contribution in [0.25, 0.3) is 10.9 Å². The highest BCUT2D eigenvalue weighted by atomic mass is 16.5. The molecule has 2 aromatic rings. The molecule has 1 aromatic heterocycles. The average Bonchev–Trinajstić information content (AvgIpc) is 2.47. The van der Waals surface area contributed by atoms with Gasteiger partial charge in [0.25, 0.3) is 5.56 Å². The highest BCUT2D eigenvalue weighted by Crippen LogP contribution is 2.27. The zero-order valence-corrected chi connectivity index (χ0v) is 11.5. The number of esters is 1. The summed E-state index contributed by atoms with van der Waals surface area (Å²) in [6.07, 6.45) is 3.88. The molecular formula is C16H17NO3. The number of pyridine rings is 1. The number of benzene rings is 1. The molecule has 1 aromatic carbocycles. The maximum Gasteiger partial charge on any atom is 0.340 e. The van der Waals surface area contributed by atoms with Crippen LogP contribution in [-0.2, 0) is 17.6 Å². The predicted molar refractivity (Wildman–Crippen MR) is 77.2 cm³/mol. The summed E-state index contributed by atoms with van der Waals surface area (Å²) in [6.45, 7) is 2.10. The van der Waals surface area contributed by atoms with E-state index >= 15 is 0 Å². The first-order valence-electron chi connectivity index (χ1n) is 7.06. The zero-order chi connectivity index (χ0) is 14.1. The molecule has 0 unspecified atom stereocenters. The Morgan fingerprint density at radius 2 is 2.00 bits per heavy atom. The number of aryl methyl sites for hydroxylation is 1. The minimum Gasteiger partial charge on any atom is -0.462 e. The molecule has 4 heteroatoms. The van der Waals surface area contributed by atoms with Crippen molar-refractivity contribution in [2.24, 2.45) is 0 Å². The van der Waals surface area contributed by atoms with Crippen LogP contribution in [0.1, 0.15) is 41.3 Å². The van der Waals surface area contributed by atoms with Crippen LogP contribution in [0.3, 0.4) is 0 Å². The summed E-state index contributed by atoms with van der Waals surface area (Å²) >= 11 is 0. The number of para-hydroxylation sites is 1. The third kappa shape index (κ3) is 2.01. The summed E-state index contributed by atoms with van der Waals surface area (Å²) < 4.78 is 5.06. The van der Waals surface area contributed by atoms with Crippen LogP contribution in [0.2, 0.25) is 0 Å². The van der Waals surface area contributed by atoms with Gasteiger partial charge in [-0.3, -0.25) is 4.79 Å². The molecule has 104 valence electrons. The molecule has 0 aliphatic heterocycles. The minimum atomic E-state index is -0.385. The van der Waals surface area contributed by atoms with E-state index in [0.29, 0.717) is 17.7 Å². The van der Waals surface area contributed by atoms with Gasteiger partial charge in [-0.05, 0) is 44.2 Å². The maximum atomic E-state index is 12.2. The van der Waals surface area contributed by atoms with Crippen LogP contribution < -0.4 is 5.56 Å². The number of carbonyl (C=O) groups is 1. The average molecular weight is 271 g/mol. The van der Waals surface area contributed by atoms with Gasteiger partial charge >= 0.3 is 5.97 Å². The third-order valence-corrected chi connectivity index (χ3v) is 3.87. The van der Waals surface area contributed by atoms with E-state index in [2.05, 4.69) is 4.98 Å². The van der Waals surface area contributed by atoms with Crippen molar-refractivity contribution in [3.63, 3.8) is 0 Å². The number of aromatic amines is 1.